The van der Waals surface area contributed by atoms with E-state index < -0.39 is 11.9 Å². The molecule has 0 unspecified atom stereocenters. The minimum Gasteiger partial charge on any atom is -0.396 e. The van der Waals surface area contributed by atoms with Crippen LogP contribution in [0.15, 0.2) is 58.8 Å². The SMILES string of the molecule is Nc1nc(N)c(C(=O)N=NC(=O)NCCCCc2ccc(-c3ccc(CCCO)cc3)cc2)nc1Cl. The Labute approximate surface area is 213 Å². The zero-order valence-electron chi connectivity index (χ0n) is 19.7. The Morgan fingerprint density at radius 2 is 1.42 bits per heavy atom. The van der Waals surface area contributed by atoms with Crippen LogP contribution in [0.5, 0.6) is 0 Å². The van der Waals surface area contributed by atoms with Gasteiger partial charge in [-0.05, 0) is 54.4 Å². The number of benzene rings is 2. The van der Waals surface area contributed by atoms with Gasteiger partial charge in [-0.1, -0.05) is 70.4 Å². The van der Waals surface area contributed by atoms with Gasteiger partial charge in [-0.2, -0.15) is 0 Å². The molecule has 0 saturated carbocycles. The minimum absolute atomic E-state index is 0.114. The fourth-order valence-corrected chi connectivity index (χ4v) is 3.56. The topological polar surface area (TPSA) is 169 Å². The molecule has 2 aromatic carbocycles. The molecule has 0 atom stereocenters. The first-order valence-electron chi connectivity index (χ1n) is 11.5. The lowest BCUT2D eigenvalue weighted by atomic mass is 10.00. The van der Waals surface area contributed by atoms with Gasteiger partial charge >= 0.3 is 11.9 Å². The zero-order valence-corrected chi connectivity index (χ0v) is 20.4. The van der Waals surface area contributed by atoms with E-state index in [0.29, 0.717) is 6.54 Å². The van der Waals surface area contributed by atoms with Gasteiger partial charge in [0, 0.05) is 13.2 Å². The molecular formula is C25H28ClN7O3. The summed E-state index contributed by atoms with van der Waals surface area (Å²) in [5.41, 5.74) is 15.4. The number of nitrogen functional groups attached to an aromatic ring is 2. The van der Waals surface area contributed by atoms with Crippen molar-refractivity contribution in [2.24, 2.45) is 10.2 Å². The summed E-state index contributed by atoms with van der Waals surface area (Å²) < 4.78 is 0. The van der Waals surface area contributed by atoms with Crippen LogP contribution in [0.4, 0.5) is 16.4 Å². The molecule has 11 heteroatoms. The minimum atomic E-state index is -0.946. The number of urea groups is 1. The lowest BCUT2D eigenvalue weighted by molar-refractivity contribution is 0.0989. The third-order valence-electron chi connectivity index (χ3n) is 5.37. The van der Waals surface area contributed by atoms with Crippen LogP contribution in [0.25, 0.3) is 11.1 Å². The number of anilines is 2. The molecule has 3 aromatic rings. The van der Waals surface area contributed by atoms with Crippen molar-refractivity contribution in [3.8, 4) is 11.1 Å². The van der Waals surface area contributed by atoms with E-state index in [9.17, 15) is 9.59 Å². The van der Waals surface area contributed by atoms with E-state index in [0.717, 1.165) is 43.2 Å². The summed E-state index contributed by atoms with van der Waals surface area (Å²) in [6.45, 7) is 0.595. The number of hydrogen-bond acceptors (Lipinski definition) is 7. The van der Waals surface area contributed by atoms with Gasteiger partial charge in [0.2, 0.25) is 0 Å². The highest BCUT2D eigenvalue weighted by Gasteiger charge is 2.16. The van der Waals surface area contributed by atoms with Gasteiger partial charge in [0.15, 0.2) is 22.5 Å². The highest BCUT2D eigenvalue weighted by Crippen LogP contribution is 2.21. The Balaban J connectivity index is 1.38. The molecule has 0 fully saturated rings. The molecule has 0 spiro atoms. The number of azo groups is 1. The van der Waals surface area contributed by atoms with Gasteiger partial charge < -0.3 is 21.9 Å². The molecule has 188 valence electrons. The standard InChI is InChI=1S/C25H28ClN7O3/c26-21-23(28)31-22(27)20(30-21)24(35)32-33-25(36)29-14-2-1-4-16-6-10-18(11-7-16)19-12-8-17(9-13-19)5-3-15-34/h6-13,34H,1-5,14-15H2,(H,29,36)(H4,27,28,31). The largest absolute Gasteiger partial charge is 0.396 e. The number of amides is 3. The number of nitrogens with one attached hydrogen (secondary N) is 1. The maximum absolute atomic E-state index is 12.0. The Kier molecular flexibility index (Phi) is 9.84. The summed E-state index contributed by atoms with van der Waals surface area (Å²) >= 11 is 5.73. The van der Waals surface area contributed by atoms with Crippen LogP contribution in [-0.4, -0.2) is 40.2 Å². The summed E-state index contributed by atoms with van der Waals surface area (Å²) in [6, 6.07) is 16.1. The maximum atomic E-state index is 12.0. The van der Waals surface area contributed by atoms with Crippen molar-refractivity contribution in [3.63, 3.8) is 0 Å². The molecule has 6 N–H and O–H groups in total. The van der Waals surface area contributed by atoms with Crippen molar-refractivity contribution < 1.29 is 14.7 Å². The van der Waals surface area contributed by atoms with Gasteiger partial charge in [0.1, 0.15) is 0 Å². The molecule has 0 aliphatic heterocycles. The molecule has 0 bridgehead atoms. The molecule has 1 heterocycles. The number of aryl methyl sites for hydroxylation is 2. The summed E-state index contributed by atoms with van der Waals surface area (Å²) in [6.07, 6.45) is 4.11. The summed E-state index contributed by atoms with van der Waals surface area (Å²) in [5, 5.41) is 18.0. The molecule has 0 aliphatic carbocycles. The Morgan fingerprint density at radius 3 is 2.00 bits per heavy atom. The first-order chi connectivity index (χ1) is 17.4. The molecule has 36 heavy (non-hydrogen) atoms. The number of carbonyl (C=O) groups excluding carboxylic acids is 2. The number of aromatic nitrogens is 2. The van der Waals surface area contributed by atoms with Crippen LogP contribution in [0.2, 0.25) is 5.15 Å². The average molecular weight is 510 g/mol. The van der Waals surface area contributed by atoms with Crippen LogP contribution in [0.3, 0.4) is 0 Å². The first kappa shape index (κ1) is 26.7. The third kappa shape index (κ3) is 7.82. The van der Waals surface area contributed by atoms with E-state index in [4.69, 9.17) is 28.2 Å². The van der Waals surface area contributed by atoms with E-state index in [1.54, 1.807) is 0 Å². The molecular weight excluding hydrogens is 482 g/mol. The molecule has 3 amide bonds. The number of aliphatic hydroxyl groups is 1. The van der Waals surface area contributed by atoms with E-state index in [1.165, 1.54) is 11.1 Å². The van der Waals surface area contributed by atoms with Gasteiger partial charge in [-0.25, -0.2) is 14.8 Å². The number of rotatable bonds is 10. The fraction of sp³-hybridized carbons (Fsp3) is 0.280. The molecule has 0 aliphatic rings. The predicted octanol–water partition coefficient (Wildman–Crippen LogP) is 4.21. The van der Waals surface area contributed by atoms with Crippen molar-refractivity contribution in [1.29, 1.82) is 0 Å². The Hall–Kier alpha value is -3.89. The van der Waals surface area contributed by atoms with Gasteiger partial charge in [0.25, 0.3) is 0 Å². The zero-order chi connectivity index (χ0) is 25.9. The maximum Gasteiger partial charge on any atom is 0.359 e. The normalized spacial score (nSPS) is 11.1. The van der Waals surface area contributed by atoms with Crippen molar-refractivity contribution in [3.05, 3.63) is 70.5 Å². The first-order valence-corrected chi connectivity index (χ1v) is 11.9. The highest BCUT2D eigenvalue weighted by atomic mass is 35.5. The highest BCUT2D eigenvalue weighted by molar-refractivity contribution is 6.31. The number of unbranched alkanes of at least 4 members (excludes halogenated alkanes) is 1. The molecule has 1 aromatic heterocycles. The third-order valence-corrected chi connectivity index (χ3v) is 5.65. The molecule has 0 saturated heterocycles. The van der Waals surface area contributed by atoms with Crippen molar-refractivity contribution in [2.75, 3.05) is 24.6 Å². The number of aliphatic hydroxyl groups excluding tert-OH is 1. The molecule has 10 nitrogen and oxygen atoms in total. The van der Waals surface area contributed by atoms with Crippen LogP contribution in [0, 0.1) is 0 Å². The van der Waals surface area contributed by atoms with Crippen molar-refractivity contribution >= 4 is 35.2 Å². The monoisotopic (exact) mass is 509 g/mol. The second-order valence-corrected chi connectivity index (χ2v) is 8.41. The van der Waals surface area contributed by atoms with Gasteiger partial charge in [-0.3, -0.25) is 4.79 Å². The number of carbonyl (C=O) groups is 2. The van der Waals surface area contributed by atoms with E-state index >= 15 is 0 Å². The van der Waals surface area contributed by atoms with E-state index in [1.807, 2.05) is 0 Å². The summed E-state index contributed by atoms with van der Waals surface area (Å²) in [5.74, 6) is -1.31. The number of nitrogens with zero attached hydrogens (tertiary/aromatic N) is 4. The van der Waals surface area contributed by atoms with Crippen LogP contribution in [0.1, 0.15) is 40.9 Å². The lowest BCUT2D eigenvalue weighted by Crippen LogP contribution is -2.21. The number of halogens is 1. The lowest BCUT2D eigenvalue weighted by Gasteiger charge is -2.06. The van der Waals surface area contributed by atoms with E-state index in [2.05, 4.69) is 74.0 Å². The van der Waals surface area contributed by atoms with Crippen molar-refractivity contribution in [2.45, 2.75) is 32.1 Å². The van der Waals surface area contributed by atoms with E-state index in [-0.39, 0.29) is 29.1 Å². The molecule has 3 rings (SSSR count). The van der Waals surface area contributed by atoms with Crippen LogP contribution in [-0.2, 0) is 12.8 Å². The second kappa shape index (κ2) is 13.3. The quantitative estimate of drug-likeness (QED) is 0.234. The van der Waals surface area contributed by atoms with Crippen molar-refractivity contribution in [1.82, 2.24) is 15.3 Å². The molecule has 0 radical (unpaired) electrons. The van der Waals surface area contributed by atoms with Gasteiger partial charge in [0.05, 0.1) is 0 Å². The average Bonchev–Trinajstić information content (AvgIpc) is 2.88. The van der Waals surface area contributed by atoms with Crippen LogP contribution < -0.4 is 16.8 Å². The predicted molar refractivity (Wildman–Crippen MR) is 139 cm³/mol. The smallest absolute Gasteiger partial charge is 0.359 e. The van der Waals surface area contributed by atoms with Crippen LogP contribution >= 0.6 is 11.6 Å². The number of nitrogens with two attached hydrogens (primary N) is 2. The summed E-state index contributed by atoms with van der Waals surface area (Å²) in [4.78, 5) is 31.2. The Morgan fingerprint density at radius 1 is 0.833 bits per heavy atom. The number of hydrogen-bond donors (Lipinski definition) is 4. The Bertz CT molecular complexity index is 1220. The second-order valence-electron chi connectivity index (χ2n) is 8.05. The van der Waals surface area contributed by atoms with Gasteiger partial charge in [-0.15, -0.1) is 0 Å². The summed E-state index contributed by atoms with van der Waals surface area (Å²) in [7, 11) is 0. The fourth-order valence-electron chi connectivity index (χ4n) is 3.43.